The van der Waals surface area contributed by atoms with Crippen molar-refractivity contribution in [1.29, 1.82) is 0 Å². The Morgan fingerprint density at radius 3 is 2.60 bits per heavy atom. The van der Waals surface area contributed by atoms with Gasteiger partial charge in [0, 0.05) is 44.6 Å². The normalized spacial score (nSPS) is 22.7. The highest BCUT2D eigenvalue weighted by Gasteiger charge is 2.55. The minimum Gasteiger partial charge on any atom is -0.489 e. The van der Waals surface area contributed by atoms with Crippen LogP contribution < -0.4 is 10.3 Å². The highest BCUT2D eigenvalue weighted by atomic mass is 35.5. The van der Waals surface area contributed by atoms with E-state index in [0.29, 0.717) is 44.2 Å². The van der Waals surface area contributed by atoms with E-state index >= 15 is 0 Å². The molecule has 1 spiro atoms. The standard InChI is InChI=1S/C19H23ClF2N4O2.C2H6/c1-23-17(24-22)12-4-5-25(9-12)18(27)26-10-19(11-26)7-14(8-19)28-16-3-2-13(21)6-15(16)20;1-2/h2-3,6,12,14H,4-5,7-11H2,1H3,(H,23,24);1-2H3. The molecule has 3 fully saturated rings. The molecule has 1 unspecified atom stereocenters. The third-order valence-electron chi connectivity index (χ3n) is 6.02. The molecule has 4 rings (SSSR count). The van der Waals surface area contributed by atoms with E-state index in [1.54, 1.807) is 23.6 Å². The van der Waals surface area contributed by atoms with Gasteiger partial charge in [0.05, 0.1) is 5.02 Å². The summed E-state index contributed by atoms with van der Waals surface area (Å²) in [6.07, 6.45) is 2.45. The highest BCUT2D eigenvalue weighted by Crippen LogP contribution is 2.50. The van der Waals surface area contributed by atoms with E-state index in [4.69, 9.17) is 16.3 Å². The number of nitrogens with one attached hydrogen (secondary N) is 1. The van der Waals surface area contributed by atoms with E-state index in [1.807, 2.05) is 18.7 Å². The predicted octanol–water partition coefficient (Wildman–Crippen LogP) is 4.29. The van der Waals surface area contributed by atoms with Crippen LogP contribution in [0, 0.1) is 17.2 Å². The summed E-state index contributed by atoms with van der Waals surface area (Å²) in [4.78, 5) is 20.2. The van der Waals surface area contributed by atoms with Crippen molar-refractivity contribution in [2.75, 3.05) is 33.2 Å². The summed E-state index contributed by atoms with van der Waals surface area (Å²) >= 11 is 6.01. The first kappa shape index (κ1) is 22.6. The lowest BCUT2D eigenvalue weighted by molar-refractivity contribution is -0.103. The monoisotopic (exact) mass is 442 g/mol. The molecule has 3 aliphatic rings. The minimum atomic E-state index is -0.389. The second-order valence-corrected chi connectivity index (χ2v) is 8.40. The van der Waals surface area contributed by atoms with Crippen molar-refractivity contribution >= 4 is 23.5 Å². The molecule has 9 heteroatoms. The quantitative estimate of drug-likeness (QED) is 0.431. The van der Waals surface area contributed by atoms with Crippen molar-refractivity contribution in [2.45, 2.75) is 39.2 Å². The molecule has 1 saturated carbocycles. The van der Waals surface area contributed by atoms with Crippen LogP contribution in [0.3, 0.4) is 0 Å². The number of aliphatic imine (C=N–C) groups is 1. The number of urea groups is 1. The highest BCUT2D eigenvalue weighted by molar-refractivity contribution is 6.32. The smallest absolute Gasteiger partial charge is 0.320 e. The lowest BCUT2D eigenvalue weighted by atomic mass is 9.62. The number of rotatable bonds is 3. The molecule has 166 valence electrons. The van der Waals surface area contributed by atoms with Gasteiger partial charge in [0.15, 0.2) is 0 Å². The average molecular weight is 443 g/mol. The molecule has 2 aliphatic heterocycles. The van der Waals surface area contributed by atoms with E-state index in [-0.39, 0.29) is 34.3 Å². The first-order valence-corrected chi connectivity index (χ1v) is 10.8. The topological polar surface area (TPSA) is 57.2 Å². The van der Waals surface area contributed by atoms with Crippen LogP contribution in [0.4, 0.5) is 13.7 Å². The van der Waals surface area contributed by atoms with Crippen LogP contribution in [-0.2, 0) is 0 Å². The first-order valence-electron chi connectivity index (χ1n) is 10.4. The van der Waals surface area contributed by atoms with Gasteiger partial charge in [0.2, 0.25) is 0 Å². The number of ether oxygens (including phenoxy) is 1. The Bertz CT molecular complexity index is 793. The molecule has 2 amide bonds. The number of amidine groups is 1. The van der Waals surface area contributed by atoms with Gasteiger partial charge in [-0.3, -0.25) is 4.99 Å². The maximum absolute atomic E-state index is 13.1. The van der Waals surface area contributed by atoms with E-state index < -0.39 is 0 Å². The van der Waals surface area contributed by atoms with E-state index in [1.165, 1.54) is 12.1 Å². The number of halogens is 3. The molecule has 2 saturated heterocycles. The van der Waals surface area contributed by atoms with E-state index in [9.17, 15) is 13.7 Å². The van der Waals surface area contributed by atoms with Crippen molar-refractivity contribution in [3.63, 3.8) is 0 Å². The number of carbonyl (C=O) groups excluding carboxylic acids is 1. The number of likely N-dealkylation sites (tertiary alicyclic amines) is 2. The lowest BCUT2D eigenvalue weighted by Gasteiger charge is -2.58. The van der Waals surface area contributed by atoms with Gasteiger partial charge in [-0.2, -0.15) is 0 Å². The Labute approximate surface area is 181 Å². The maximum Gasteiger partial charge on any atom is 0.320 e. The van der Waals surface area contributed by atoms with Crippen LogP contribution >= 0.6 is 11.6 Å². The molecule has 1 aromatic rings. The third kappa shape index (κ3) is 4.48. The molecule has 0 radical (unpaired) electrons. The molecule has 30 heavy (non-hydrogen) atoms. The fourth-order valence-corrected chi connectivity index (χ4v) is 4.77. The molecule has 1 N–H and O–H groups in total. The molecular formula is C21H29ClF2N4O2. The number of hydrogen-bond donors (Lipinski definition) is 1. The van der Waals surface area contributed by atoms with Crippen molar-refractivity contribution in [3.05, 3.63) is 29.0 Å². The van der Waals surface area contributed by atoms with Gasteiger partial charge in [-0.05, 0) is 37.5 Å². The lowest BCUT2D eigenvalue weighted by Crippen LogP contribution is -2.67. The van der Waals surface area contributed by atoms with Crippen LogP contribution in [0.1, 0.15) is 33.1 Å². The van der Waals surface area contributed by atoms with Crippen molar-refractivity contribution in [2.24, 2.45) is 16.3 Å². The average Bonchev–Trinajstić information content (AvgIpc) is 3.16. The Morgan fingerprint density at radius 2 is 2.00 bits per heavy atom. The van der Waals surface area contributed by atoms with Gasteiger partial charge in [-0.25, -0.2) is 14.7 Å². The number of carbonyl (C=O) groups is 1. The van der Waals surface area contributed by atoms with E-state index in [0.717, 1.165) is 12.8 Å². The number of amides is 2. The summed E-state index contributed by atoms with van der Waals surface area (Å²) in [6, 6.07) is 4.12. The molecule has 1 aliphatic carbocycles. The maximum atomic E-state index is 13.1. The fraction of sp³-hybridized carbons (Fsp3) is 0.619. The number of nitrogens with zero attached hydrogens (tertiary/aromatic N) is 3. The molecule has 0 bridgehead atoms. The van der Waals surface area contributed by atoms with Gasteiger partial charge >= 0.3 is 6.03 Å². The Hall–Kier alpha value is -2.09. The Morgan fingerprint density at radius 1 is 1.30 bits per heavy atom. The number of benzene rings is 1. The van der Waals surface area contributed by atoms with Crippen LogP contribution in [-0.4, -0.2) is 61.0 Å². The van der Waals surface area contributed by atoms with Crippen molar-refractivity contribution in [3.8, 4) is 5.75 Å². The summed E-state index contributed by atoms with van der Waals surface area (Å²) in [6.45, 7) is 6.52. The molecule has 0 aromatic heterocycles. The first-order chi connectivity index (χ1) is 14.4. The predicted molar refractivity (Wildman–Crippen MR) is 113 cm³/mol. The summed E-state index contributed by atoms with van der Waals surface area (Å²) in [5.74, 6) is 0.331. The second kappa shape index (κ2) is 9.37. The van der Waals surface area contributed by atoms with Gasteiger partial charge in [0.1, 0.15) is 23.5 Å². The molecule has 1 aromatic carbocycles. The molecular weight excluding hydrogens is 414 g/mol. The zero-order valence-electron chi connectivity index (χ0n) is 17.6. The van der Waals surface area contributed by atoms with Crippen molar-refractivity contribution in [1.82, 2.24) is 15.3 Å². The summed E-state index contributed by atoms with van der Waals surface area (Å²) in [7, 11) is 1.54. The van der Waals surface area contributed by atoms with Gasteiger partial charge < -0.3 is 14.5 Å². The Kier molecular flexibility index (Phi) is 7.06. The summed E-state index contributed by atoms with van der Waals surface area (Å²) in [5, 5.41) is 0.271. The van der Waals surface area contributed by atoms with Gasteiger partial charge in [0.25, 0.3) is 0 Å². The third-order valence-corrected chi connectivity index (χ3v) is 6.31. The number of hydrogen-bond acceptors (Lipinski definition) is 3. The second-order valence-electron chi connectivity index (χ2n) is 8.00. The Balaban J connectivity index is 0.00000124. The summed E-state index contributed by atoms with van der Waals surface area (Å²) < 4.78 is 31.7. The van der Waals surface area contributed by atoms with Crippen LogP contribution in [0.25, 0.3) is 0 Å². The van der Waals surface area contributed by atoms with Crippen LogP contribution in [0.5, 0.6) is 5.75 Å². The van der Waals surface area contributed by atoms with Crippen LogP contribution in [0.15, 0.2) is 23.2 Å². The largest absolute Gasteiger partial charge is 0.489 e. The fourth-order valence-electron chi connectivity index (χ4n) is 4.56. The zero-order chi connectivity index (χ0) is 21.9. The van der Waals surface area contributed by atoms with Crippen LogP contribution in [0.2, 0.25) is 5.02 Å². The minimum absolute atomic E-state index is 0.00776. The molecule has 6 nitrogen and oxygen atoms in total. The summed E-state index contributed by atoms with van der Waals surface area (Å²) in [5.41, 5.74) is 1.74. The molecule has 1 atom stereocenters. The van der Waals surface area contributed by atoms with Gasteiger partial charge in [-0.15, -0.1) is 4.48 Å². The van der Waals surface area contributed by atoms with Crippen molar-refractivity contribution < 1.29 is 18.4 Å². The molecule has 2 heterocycles. The van der Waals surface area contributed by atoms with E-state index in [2.05, 4.69) is 4.99 Å². The zero-order valence-corrected chi connectivity index (χ0v) is 18.4. The van der Waals surface area contributed by atoms with Gasteiger partial charge in [-0.1, -0.05) is 25.4 Å². The SMILES string of the molecule is CC.CN=C(NF)C1CCN(C(=O)N2CC3(CC(Oc4ccc(F)cc4Cl)C3)C2)C1.